The Morgan fingerprint density at radius 1 is 1.10 bits per heavy atom. The largest absolute Gasteiger partial charge is 0.311 e. The van der Waals surface area contributed by atoms with E-state index in [0.717, 1.165) is 19.0 Å². The van der Waals surface area contributed by atoms with E-state index in [0.29, 0.717) is 24.0 Å². The first kappa shape index (κ1) is 16.5. The molecule has 118 valence electrons. The summed E-state index contributed by atoms with van der Waals surface area (Å²) in [7, 11) is 0. The molecule has 0 saturated carbocycles. The molecule has 0 aromatic heterocycles. The van der Waals surface area contributed by atoms with Crippen LogP contribution >= 0.6 is 0 Å². The molecule has 2 rings (SSSR count). The van der Waals surface area contributed by atoms with Gasteiger partial charge in [0.25, 0.3) is 0 Å². The van der Waals surface area contributed by atoms with Gasteiger partial charge in [-0.05, 0) is 30.7 Å². The van der Waals surface area contributed by atoms with E-state index in [1.807, 2.05) is 0 Å². The van der Waals surface area contributed by atoms with Crippen LogP contribution in [0.2, 0.25) is 0 Å². The fourth-order valence-corrected chi connectivity index (χ4v) is 3.53. The van der Waals surface area contributed by atoms with E-state index in [-0.39, 0.29) is 0 Å². The molecule has 0 spiro atoms. The average molecular weight is 288 g/mol. The van der Waals surface area contributed by atoms with Crippen LogP contribution < -0.4 is 5.32 Å². The predicted molar refractivity (Wildman–Crippen MR) is 91.4 cm³/mol. The minimum atomic E-state index is 0.509. The number of nitrogens with zero attached hydrogens (tertiary/aromatic N) is 1. The maximum atomic E-state index is 3.76. The molecule has 2 nitrogen and oxygen atoms in total. The van der Waals surface area contributed by atoms with Crippen molar-refractivity contribution in [3.63, 3.8) is 0 Å². The maximum absolute atomic E-state index is 3.76. The van der Waals surface area contributed by atoms with Gasteiger partial charge in [-0.15, -0.1) is 0 Å². The van der Waals surface area contributed by atoms with Crippen LogP contribution in [0.5, 0.6) is 0 Å². The SMILES string of the molecule is CC(C)CC(C)N1CC(C(C)C)NCC1c1ccccc1. The molecule has 3 unspecified atom stereocenters. The molecule has 0 aliphatic carbocycles. The van der Waals surface area contributed by atoms with Gasteiger partial charge in [0, 0.05) is 31.2 Å². The van der Waals surface area contributed by atoms with Crippen LogP contribution in [0.3, 0.4) is 0 Å². The lowest BCUT2D eigenvalue weighted by atomic mass is 9.92. The van der Waals surface area contributed by atoms with Gasteiger partial charge in [-0.25, -0.2) is 0 Å². The van der Waals surface area contributed by atoms with Gasteiger partial charge >= 0.3 is 0 Å². The van der Waals surface area contributed by atoms with Gasteiger partial charge in [0.1, 0.15) is 0 Å². The number of rotatable bonds is 5. The zero-order valence-corrected chi connectivity index (χ0v) is 14.3. The summed E-state index contributed by atoms with van der Waals surface area (Å²) in [6.07, 6.45) is 1.27. The molecule has 0 radical (unpaired) electrons. The van der Waals surface area contributed by atoms with E-state index >= 15 is 0 Å². The van der Waals surface area contributed by atoms with E-state index in [2.05, 4.69) is 75.2 Å². The van der Waals surface area contributed by atoms with E-state index in [9.17, 15) is 0 Å². The fourth-order valence-electron chi connectivity index (χ4n) is 3.53. The number of hydrogen-bond acceptors (Lipinski definition) is 2. The Kier molecular flexibility index (Phi) is 5.83. The number of nitrogens with one attached hydrogen (secondary N) is 1. The highest BCUT2D eigenvalue weighted by molar-refractivity contribution is 5.20. The topological polar surface area (TPSA) is 15.3 Å². The molecule has 2 heteroatoms. The van der Waals surface area contributed by atoms with Crippen molar-refractivity contribution in [3.05, 3.63) is 35.9 Å². The maximum Gasteiger partial charge on any atom is 0.0476 e. The minimum absolute atomic E-state index is 0.509. The van der Waals surface area contributed by atoms with Crippen molar-refractivity contribution in [1.29, 1.82) is 0 Å². The van der Waals surface area contributed by atoms with Gasteiger partial charge in [0.15, 0.2) is 0 Å². The van der Waals surface area contributed by atoms with Crippen molar-refractivity contribution in [2.24, 2.45) is 11.8 Å². The molecule has 0 amide bonds. The van der Waals surface area contributed by atoms with Crippen molar-refractivity contribution in [2.75, 3.05) is 13.1 Å². The number of hydrogen-bond donors (Lipinski definition) is 1. The Morgan fingerprint density at radius 2 is 1.76 bits per heavy atom. The molecule has 1 aromatic carbocycles. The monoisotopic (exact) mass is 288 g/mol. The van der Waals surface area contributed by atoms with Gasteiger partial charge in [-0.2, -0.15) is 0 Å². The molecule has 1 aliphatic heterocycles. The second kappa shape index (κ2) is 7.42. The van der Waals surface area contributed by atoms with Crippen LogP contribution in [0.15, 0.2) is 30.3 Å². The molecule has 1 aromatic rings. The molecule has 3 atom stereocenters. The lowest BCUT2D eigenvalue weighted by molar-refractivity contribution is 0.0666. The Hall–Kier alpha value is -0.860. The van der Waals surface area contributed by atoms with Crippen LogP contribution in [0, 0.1) is 11.8 Å². The van der Waals surface area contributed by atoms with Crippen LogP contribution in [-0.2, 0) is 0 Å². The fraction of sp³-hybridized carbons (Fsp3) is 0.684. The average Bonchev–Trinajstić information content (AvgIpc) is 2.46. The summed E-state index contributed by atoms with van der Waals surface area (Å²) >= 11 is 0. The van der Waals surface area contributed by atoms with E-state index in [4.69, 9.17) is 0 Å². The molecule has 1 saturated heterocycles. The van der Waals surface area contributed by atoms with Crippen LogP contribution in [0.1, 0.15) is 52.6 Å². The van der Waals surface area contributed by atoms with Crippen molar-refractivity contribution < 1.29 is 0 Å². The highest BCUT2D eigenvalue weighted by atomic mass is 15.3. The van der Waals surface area contributed by atoms with Gasteiger partial charge in [0.2, 0.25) is 0 Å². The molecule has 0 bridgehead atoms. The smallest absolute Gasteiger partial charge is 0.0476 e. The van der Waals surface area contributed by atoms with Gasteiger partial charge < -0.3 is 5.32 Å². The van der Waals surface area contributed by atoms with E-state index in [1.165, 1.54) is 12.0 Å². The molecule has 1 heterocycles. The second-order valence-corrected chi connectivity index (χ2v) is 7.36. The van der Waals surface area contributed by atoms with E-state index in [1.54, 1.807) is 0 Å². The Balaban J connectivity index is 2.17. The van der Waals surface area contributed by atoms with Crippen LogP contribution in [0.25, 0.3) is 0 Å². The first-order valence-corrected chi connectivity index (χ1v) is 8.53. The summed E-state index contributed by atoms with van der Waals surface area (Å²) in [5, 5.41) is 3.76. The zero-order chi connectivity index (χ0) is 15.4. The van der Waals surface area contributed by atoms with Crippen molar-refractivity contribution >= 4 is 0 Å². The van der Waals surface area contributed by atoms with Crippen molar-refractivity contribution in [3.8, 4) is 0 Å². The lowest BCUT2D eigenvalue weighted by Gasteiger charge is -2.45. The summed E-state index contributed by atoms with van der Waals surface area (Å²) in [5.74, 6) is 1.44. The highest BCUT2D eigenvalue weighted by Crippen LogP contribution is 2.29. The summed E-state index contributed by atoms with van der Waals surface area (Å²) in [5.41, 5.74) is 1.45. The summed E-state index contributed by atoms with van der Waals surface area (Å²) in [6.45, 7) is 13.9. The van der Waals surface area contributed by atoms with Crippen molar-refractivity contribution in [2.45, 2.75) is 59.2 Å². The first-order valence-electron chi connectivity index (χ1n) is 8.53. The molecule has 1 aliphatic rings. The quantitative estimate of drug-likeness (QED) is 0.878. The Bertz CT molecular complexity index is 413. The molecular weight excluding hydrogens is 256 g/mol. The third kappa shape index (κ3) is 4.31. The second-order valence-electron chi connectivity index (χ2n) is 7.36. The summed E-state index contributed by atoms with van der Waals surface area (Å²) in [6, 6.07) is 12.7. The third-order valence-electron chi connectivity index (χ3n) is 4.75. The van der Waals surface area contributed by atoms with Crippen molar-refractivity contribution in [1.82, 2.24) is 10.2 Å². The third-order valence-corrected chi connectivity index (χ3v) is 4.75. The molecule has 21 heavy (non-hydrogen) atoms. The van der Waals surface area contributed by atoms with Crippen LogP contribution in [-0.4, -0.2) is 30.1 Å². The zero-order valence-electron chi connectivity index (χ0n) is 14.3. The minimum Gasteiger partial charge on any atom is -0.311 e. The lowest BCUT2D eigenvalue weighted by Crippen LogP contribution is -2.56. The summed E-state index contributed by atoms with van der Waals surface area (Å²) in [4.78, 5) is 2.73. The number of piperazine rings is 1. The predicted octanol–water partition coefficient (Wildman–Crippen LogP) is 4.09. The Labute approximate surface area is 130 Å². The molecule has 1 N–H and O–H groups in total. The highest BCUT2D eigenvalue weighted by Gasteiger charge is 2.33. The van der Waals surface area contributed by atoms with Gasteiger partial charge in [-0.3, -0.25) is 4.90 Å². The van der Waals surface area contributed by atoms with E-state index < -0.39 is 0 Å². The molecule has 1 fully saturated rings. The van der Waals surface area contributed by atoms with Gasteiger partial charge in [0.05, 0.1) is 0 Å². The van der Waals surface area contributed by atoms with Gasteiger partial charge in [-0.1, -0.05) is 58.0 Å². The summed E-state index contributed by atoms with van der Waals surface area (Å²) < 4.78 is 0. The standard InChI is InChI=1S/C19H32N2/c1-14(2)11-16(5)21-13-18(15(3)4)20-12-19(21)17-9-7-6-8-10-17/h6-10,14-16,18-20H,11-13H2,1-5H3. The Morgan fingerprint density at radius 3 is 2.33 bits per heavy atom. The van der Waals surface area contributed by atoms with Crippen LogP contribution in [0.4, 0.5) is 0 Å². The molecular formula is C19H32N2. The first-order chi connectivity index (χ1) is 9.99. The normalized spacial score (nSPS) is 25.5. The number of benzene rings is 1.